The zero-order valence-corrected chi connectivity index (χ0v) is 24.7. The molecule has 1 aliphatic heterocycles. The third kappa shape index (κ3) is 7.21. The van der Waals surface area contributed by atoms with Gasteiger partial charge in [-0.05, 0) is 71.7 Å². The number of carbonyl (C=O) groups is 3. The van der Waals surface area contributed by atoms with Gasteiger partial charge in [-0.2, -0.15) is 4.68 Å². The Kier molecular flexibility index (Phi) is 9.49. The number of rotatable bonds is 5. The summed E-state index contributed by atoms with van der Waals surface area (Å²) in [6, 6.07) is 10.1. The summed E-state index contributed by atoms with van der Waals surface area (Å²) in [5, 5.41) is 17.5. The first-order chi connectivity index (χ1) is 21.3. The van der Waals surface area contributed by atoms with Gasteiger partial charge in [-0.25, -0.2) is 14.6 Å². The Hall–Kier alpha value is -5.24. The van der Waals surface area contributed by atoms with Gasteiger partial charge < -0.3 is 24.7 Å². The standard InChI is InChI=1S/C29H30ClN9O5/c1-43-28(41)33-21-8-9-22-19(14-21)16-38(29(42)44-2)12-4-3-5-23(27-31-15-24(22)35-27)34-26(40)11-6-18-13-20(30)7-10-25(18)39-17-32-36-37-39/h6-11,13-15,17,23H,3-5,12,16H2,1-2H3,(H,31,35)(H,33,41)(H,34,40). The summed E-state index contributed by atoms with van der Waals surface area (Å²) in [5.74, 6) is 0.254. The molecule has 0 spiro atoms. The van der Waals surface area contributed by atoms with Gasteiger partial charge in [0.1, 0.15) is 12.2 Å². The van der Waals surface area contributed by atoms with Gasteiger partial charge in [0.15, 0.2) is 0 Å². The zero-order valence-electron chi connectivity index (χ0n) is 24.0. The number of fused-ring (bicyclic) bond motifs is 4. The predicted molar refractivity (Wildman–Crippen MR) is 161 cm³/mol. The number of aromatic nitrogens is 6. The maximum atomic E-state index is 13.2. The summed E-state index contributed by atoms with van der Waals surface area (Å²) in [5.41, 5.74) is 4.03. The van der Waals surface area contributed by atoms with Crippen molar-refractivity contribution in [2.45, 2.75) is 31.8 Å². The van der Waals surface area contributed by atoms with Crippen molar-refractivity contribution in [3.63, 3.8) is 0 Å². The Morgan fingerprint density at radius 1 is 1.11 bits per heavy atom. The lowest BCUT2D eigenvalue weighted by Crippen LogP contribution is -2.32. The van der Waals surface area contributed by atoms with Crippen LogP contribution < -0.4 is 10.6 Å². The van der Waals surface area contributed by atoms with Gasteiger partial charge in [0.2, 0.25) is 5.91 Å². The van der Waals surface area contributed by atoms with Crippen molar-refractivity contribution >= 4 is 41.5 Å². The number of imidazole rings is 1. The largest absolute Gasteiger partial charge is 0.453 e. The van der Waals surface area contributed by atoms with Gasteiger partial charge in [0, 0.05) is 41.0 Å². The van der Waals surface area contributed by atoms with Crippen LogP contribution in [0.3, 0.4) is 0 Å². The maximum Gasteiger partial charge on any atom is 0.411 e. The van der Waals surface area contributed by atoms with E-state index in [9.17, 15) is 14.4 Å². The molecule has 228 valence electrons. The number of tetrazole rings is 1. The van der Waals surface area contributed by atoms with Gasteiger partial charge in [0.25, 0.3) is 0 Å². The number of hydrogen-bond acceptors (Lipinski definition) is 9. The van der Waals surface area contributed by atoms with E-state index in [0.717, 1.165) is 11.1 Å². The number of amides is 3. The van der Waals surface area contributed by atoms with Crippen LogP contribution in [0.25, 0.3) is 23.0 Å². The van der Waals surface area contributed by atoms with E-state index in [1.807, 2.05) is 6.07 Å². The Morgan fingerprint density at radius 2 is 1.98 bits per heavy atom. The number of ether oxygens (including phenoxy) is 2. The van der Waals surface area contributed by atoms with Crippen LogP contribution in [0.5, 0.6) is 0 Å². The summed E-state index contributed by atoms with van der Waals surface area (Å²) in [4.78, 5) is 47.2. The Balaban J connectivity index is 1.41. The highest BCUT2D eigenvalue weighted by atomic mass is 35.5. The first-order valence-corrected chi connectivity index (χ1v) is 14.1. The van der Waals surface area contributed by atoms with E-state index in [2.05, 4.69) is 36.1 Å². The second kappa shape index (κ2) is 13.8. The summed E-state index contributed by atoms with van der Waals surface area (Å²) in [6.07, 6.45) is 7.03. The molecule has 0 aliphatic carbocycles. The van der Waals surface area contributed by atoms with Gasteiger partial charge >= 0.3 is 12.2 Å². The Bertz CT molecular complexity index is 1670. The molecule has 2 aromatic carbocycles. The molecule has 44 heavy (non-hydrogen) atoms. The van der Waals surface area contributed by atoms with Crippen molar-refractivity contribution in [1.29, 1.82) is 0 Å². The van der Waals surface area contributed by atoms with Gasteiger partial charge in [-0.3, -0.25) is 10.1 Å². The molecule has 1 atom stereocenters. The molecule has 1 aliphatic rings. The number of nitrogens with zero attached hydrogens (tertiary/aromatic N) is 6. The maximum absolute atomic E-state index is 13.2. The van der Waals surface area contributed by atoms with Crippen LogP contribution in [0.15, 0.2) is 55.0 Å². The van der Waals surface area contributed by atoms with Crippen molar-refractivity contribution in [1.82, 2.24) is 40.4 Å². The molecule has 1 unspecified atom stereocenters. The average Bonchev–Trinajstić information content (AvgIpc) is 3.73. The number of methoxy groups -OCH3 is 2. The molecule has 0 fully saturated rings. The fourth-order valence-corrected chi connectivity index (χ4v) is 5.09. The zero-order chi connectivity index (χ0) is 31.1. The predicted octanol–water partition coefficient (Wildman–Crippen LogP) is 4.51. The summed E-state index contributed by atoms with van der Waals surface area (Å²) in [7, 11) is 2.62. The number of anilines is 1. The van der Waals surface area contributed by atoms with Crippen LogP contribution in [0.4, 0.5) is 15.3 Å². The highest BCUT2D eigenvalue weighted by Gasteiger charge is 2.23. The van der Waals surface area contributed by atoms with Crippen LogP contribution in [0, 0.1) is 0 Å². The van der Waals surface area contributed by atoms with Crippen LogP contribution in [-0.2, 0) is 20.8 Å². The minimum absolute atomic E-state index is 0.244. The van der Waals surface area contributed by atoms with E-state index >= 15 is 0 Å². The van der Waals surface area contributed by atoms with Crippen molar-refractivity contribution in [2.75, 3.05) is 26.1 Å². The highest BCUT2D eigenvalue weighted by molar-refractivity contribution is 6.30. The topological polar surface area (TPSA) is 169 Å². The minimum Gasteiger partial charge on any atom is -0.453 e. The van der Waals surface area contributed by atoms with Crippen LogP contribution in [0.1, 0.15) is 42.3 Å². The van der Waals surface area contributed by atoms with Crippen molar-refractivity contribution in [2.24, 2.45) is 0 Å². The van der Waals surface area contributed by atoms with Gasteiger partial charge in [0.05, 0.1) is 37.8 Å². The molecule has 4 aromatic rings. The quantitative estimate of drug-likeness (QED) is 0.272. The molecule has 2 aromatic heterocycles. The molecular weight excluding hydrogens is 590 g/mol. The van der Waals surface area contributed by atoms with E-state index in [1.54, 1.807) is 47.5 Å². The first-order valence-electron chi connectivity index (χ1n) is 13.7. The fraction of sp³-hybridized carbons (Fsp3) is 0.276. The molecule has 3 N–H and O–H groups in total. The first kappa shape index (κ1) is 30.2. The fourth-order valence-electron chi connectivity index (χ4n) is 4.91. The molecule has 14 nitrogen and oxygen atoms in total. The van der Waals surface area contributed by atoms with Crippen molar-refractivity contribution in [3.8, 4) is 16.9 Å². The Labute approximate surface area is 257 Å². The van der Waals surface area contributed by atoms with Gasteiger partial charge in [-0.1, -0.05) is 17.7 Å². The molecule has 0 saturated carbocycles. The van der Waals surface area contributed by atoms with Gasteiger partial charge in [-0.15, -0.1) is 5.10 Å². The lowest BCUT2D eigenvalue weighted by atomic mass is 10.0. The van der Waals surface area contributed by atoms with E-state index in [1.165, 1.54) is 31.3 Å². The average molecular weight is 620 g/mol. The summed E-state index contributed by atoms with van der Waals surface area (Å²) < 4.78 is 11.2. The van der Waals surface area contributed by atoms with E-state index in [4.69, 9.17) is 21.1 Å². The number of hydrogen-bond donors (Lipinski definition) is 3. The molecule has 2 bridgehead atoms. The van der Waals surface area contributed by atoms with Crippen LogP contribution in [0.2, 0.25) is 5.02 Å². The number of nitrogens with one attached hydrogen (secondary N) is 3. The number of aromatic amines is 1. The van der Waals surface area contributed by atoms with E-state index < -0.39 is 18.2 Å². The smallest absolute Gasteiger partial charge is 0.411 e. The summed E-state index contributed by atoms with van der Waals surface area (Å²) >= 11 is 6.21. The molecule has 5 rings (SSSR count). The number of benzene rings is 2. The van der Waals surface area contributed by atoms with E-state index in [-0.39, 0.29) is 12.5 Å². The summed E-state index contributed by atoms with van der Waals surface area (Å²) in [6.45, 7) is 0.670. The number of H-pyrrole nitrogens is 1. The SMILES string of the molecule is COC(=O)Nc1ccc2c(c1)CN(C(=O)OC)CCCCC(NC(=O)C=Cc1cc(Cl)ccc1-n1cnnn1)c1ncc-2[nH]1. The van der Waals surface area contributed by atoms with Crippen LogP contribution >= 0.6 is 11.6 Å². The Morgan fingerprint density at radius 3 is 2.75 bits per heavy atom. The monoisotopic (exact) mass is 619 g/mol. The molecule has 0 radical (unpaired) electrons. The molecule has 0 saturated heterocycles. The lowest BCUT2D eigenvalue weighted by molar-refractivity contribution is -0.117. The highest BCUT2D eigenvalue weighted by Crippen LogP contribution is 2.30. The second-order valence-corrected chi connectivity index (χ2v) is 10.3. The van der Waals surface area contributed by atoms with Crippen LogP contribution in [-0.4, -0.2) is 73.9 Å². The number of carbonyl (C=O) groups excluding carboxylic acids is 3. The molecule has 15 heteroatoms. The van der Waals surface area contributed by atoms with E-state index in [0.29, 0.717) is 59.3 Å². The third-order valence-corrected chi connectivity index (χ3v) is 7.27. The normalized spacial score (nSPS) is 15.1. The molecule has 3 amide bonds. The minimum atomic E-state index is -0.610. The third-order valence-electron chi connectivity index (χ3n) is 7.03. The number of halogens is 1. The molecular formula is C29H30ClN9O5. The second-order valence-electron chi connectivity index (χ2n) is 9.91. The lowest BCUT2D eigenvalue weighted by Gasteiger charge is -2.24. The molecule has 3 heterocycles. The van der Waals surface area contributed by atoms with Crippen molar-refractivity contribution in [3.05, 3.63) is 77.0 Å². The van der Waals surface area contributed by atoms with Crippen molar-refractivity contribution < 1.29 is 23.9 Å².